The maximum atomic E-state index is 12.5. The van der Waals surface area contributed by atoms with Crippen LogP contribution in [0.2, 0.25) is 0 Å². The molecule has 1 heterocycles. The first-order valence-electron chi connectivity index (χ1n) is 7.98. The SMILES string of the molecule is Cc1ccccc1NS(=O)(=O)c1ccc(N2CCCCS2(=O)=O)cc1. The zero-order valence-corrected chi connectivity index (χ0v) is 15.5. The van der Waals surface area contributed by atoms with E-state index in [0.29, 0.717) is 24.3 Å². The summed E-state index contributed by atoms with van der Waals surface area (Å²) in [4.78, 5) is 0.0916. The van der Waals surface area contributed by atoms with Gasteiger partial charge in [0, 0.05) is 6.54 Å². The zero-order chi connectivity index (χ0) is 18.1. The zero-order valence-electron chi connectivity index (χ0n) is 13.8. The minimum Gasteiger partial charge on any atom is -0.279 e. The Morgan fingerprint density at radius 3 is 2.32 bits per heavy atom. The van der Waals surface area contributed by atoms with Gasteiger partial charge in [0.05, 0.1) is 22.0 Å². The van der Waals surface area contributed by atoms with Crippen LogP contribution in [0.15, 0.2) is 53.4 Å². The van der Waals surface area contributed by atoms with Gasteiger partial charge in [-0.25, -0.2) is 16.8 Å². The summed E-state index contributed by atoms with van der Waals surface area (Å²) in [5, 5.41) is 0. The Morgan fingerprint density at radius 1 is 1.00 bits per heavy atom. The third kappa shape index (κ3) is 3.80. The highest BCUT2D eigenvalue weighted by Gasteiger charge is 2.26. The van der Waals surface area contributed by atoms with E-state index in [-0.39, 0.29) is 10.6 Å². The van der Waals surface area contributed by atoms with Crippen molar-refractivity contribution in [1.82, 2.24) is 0 Å². The molecule has 0 atom stereocenters. The molecule has 0 unspecified atom stereocenters. The van der Waals surface area contributed by atoms with Crippen LogP contribution in [-0.4, -0.2) is 29.1 Å². The highest BCUT2D eigenvalue weighted by molar-refractivity contribution is 7.93. The lowest BCUT2D eigenvalue weighted by Crippen LogP contribution is -2.37. The molecule has 25 heavy (non-hydrogen) atoms. The normalized spacial score (nSPS) is 17.2. The second-order valence-corrected chi connectivity index (χ2v) is 9.70. The molecule has 1 N–H and O–H groups in total. The number of nitrogens with zero attached hydrogens (tertiary/aromatic N) is 1. The predicted molar refractivity (Wildman–Crippen MR) is 98.8 cm³/mol. The number of para-hydroxylation sites is 1. The van der Waals surface area contributed by atoms with Crippen LogP contribution in [0.25, 0.3) is 0 Å². The van der Waals surface area contributed by atoms with E-state index < -0.39 is 20.0 Å². The Balaban J connectivity index is 1.85. The molecule has 0 radical (unpaired) electrons. The molecular formula is C17H20N2O4S2. The maximum absolute atomic E-state index is 12.5. The number of nitrogens with one attached hydrogen (secondary N) is 1. The summed E-state index contributed by atoms with van der Waals surface area (Å²) in [5.41, 5.74) is 1.84. The molecule has 0 bridgehead atoms. The van der Waals surface area contributed by atoms with Gasteiger partial charge in [0.15, 0.2) is 0 Å². The molecule has 0 saturated carbocycles. The van der Waals surface area contributed by atoms with Crippen LogP contribution < -0.4 is 9.03 Å². The Kier molecular flexibility index (Phi) is 4.75. The number of rotatable bonds is 4. The molecule has 3 rings (SSSR count). The molecule has 1 aliphatic rings. The number of anilines is 2. The minimum absolute atomic E-state index is 0.0916. The smallest absolute Gasteiger partial charge is 0.261 e. The van der Waals surface area contributed by atoms with Crippen LogP contribution in [0.5, 0.6) is 0 Å². The van der Waals surface area contributed by atoms with Crippen LogP contribution in [0, 0.1) is 6.92 Å². The van der Waals surface area contributed by atoms with E-state index in [4.69, 9.17) is 0 Å². The van der Waals surface area contributed by atoms with Gasteiger partial charge in [-0.3, -0.25) is 9.03 Å². The molecule has 0 spiro atoms. The fraction of sp³-hybridized carbons (Fsp3) is 0.294. The molecule has 8 heteroatoms. The first kappa shape index (κ1) is 17.8. The minimum atomic E-state index is -3.73. The number of hydrogen-bond acceptors (Lipinski definition) is 4. The van der Waals surface area contributed by atoms with Crippen molar-refractivity contribution in [2.45, 2.75) is 24.7 Å². The van der Waals surface area contributed by atoms with E-state index >= 15 is 0 Å². The molecule has 2 aromatic rings. The molecule has 0 amide bonds. The monoisotopic (exact) mass is 380 g/mol. The topological polar surface area (TPSA) is 83.6 Å². The lowest BCUT2D eigenvalue weighted by molar-refractivity contribution is 0.574. The van der Waals surface area contributed by atoms with Gasteiger partial charge in [-0.1, -0.05) is 18.2 Å². The second kappa shape index (κ2) is 6.68. The van der Waals surface area contributed by atoms with Gasteiger partial charge < -0.3 is 0 Å². The van der Waals surface area contributed by atoms with Crippen LogP contribution in [-0.2, 0) is 20.0 Å². The van der Waals surface area contributed by atoms with Crippen LogP contribution in [0.4, 0.5) is 11.4 Å². The molecule has 0 aromatic heterocycles. The van der Waals surface area contributed by atoms with Gasteiger partial charge in [0.1, 0.15) is 0 Å². The van der Waals surface area contributed by atoms with Gasteiger partial charge in [0.2, 0.25) is 10.0 Å². The average Bonchev–Trinajstić information content (AvgIpc) is 2.57. The van der Waals surface area contributed by atoms with Crippen molar-refractivity contribution < 1.29 is 16.8 Å². The number of benzene rings is 2. The number of sulfonamides is 2. The molecule has 6 nitrogen and oxygen atoms in total. The van der Waals surface area contributed by atoms with Gasteiger partial charge in [-0.15, -0.1) is 0 Å². The Hall–Kier alpha value is -2.06. The average molecular weight is 380 g/mol. The number of hydrogen-bond donors (Lipinski definition) is 1. The summed E-state index contributed by atoms with van der Waals surface area (Å²) in [5.74, 6) is 0.127. The standard InChI is InChI=1S/C17H20N2O4S2/c1-14-6-2-3-7-17(14)18-25(22,23)16-10-8-15(9-11-16)19-12-4-5-13-24(19,20)21/h2-3,6-11,18H,4-5,12-13H2,1H3. The van der Waals surface area contributed by atoms with Gasteiger partial charge in [-0.2, -0.15) is 0 Å². The maximum Gasteiger partial charge on any atom is 0.261 e. The first-order valence-corrected chi connectivity index (χ1v) is 11.1. The predicted octanol–water partition coefficient (Wildman–Crippen LogP) is 2.73. The second-order valence-electron chi connectivity index (χ2n) is 6.01. The number of aryl methyl sites for hydroxylation is 1. The molecular weight excluding hydrogens is 360 g/mol. The van der Waals surface area contributed by atoms with Crippen molar-refractivity contribution in [3.63, 3.8) is 0 Å². The lowest BCUT2D eigenvalue weighted by atomic mass is 10.2. The van der Waals surface area contributed by atoms with Crippen molar-refractivity contribution in [2.75, 3.05) is 21.3 Å². The van der Waals surface area contributed by atoms with Crippen LogP contribution >= 0.6 is 0 Å². The fourth-order valence-corrected chi connectivity index (χ4v) is 5.53. The van der Waals surface area contributed by atoms with E-state index in [1.807, 2.05) is 19.1 Å². The van der Waals surface area contributed by atoms with Crippen molar-refractivity contribution in [1.29, 1.82) is 0 Å². The van der Waals surface area contributed by atoms with E-state index in [2.05, 4.69) is 4.72 Å². The Morgan fingerprint density at radius 2 is 1.68 bits per heavy atom. The largest absolute Gasteiger partial charge is 0.279 e. The summed E-state index contributed by atoms with van der Waals surface area (Å²) in [7, 11) is -7.04. The summed E-state index contributed by atoms with van der Waals surface area (Å²) < 4.78 is 53.2. The molecule has 1 aliphatic heterocycles. The van der Waals surface area contributed by atoms with Crippen molar-refractivity contribution in [3.8, 4) is 0 Å². The lowest BCUT2D eigenvalue weighted by Gasteiger charge is -2.28. The Bertz CT molecular complexity index is 968. The fourth-order valence-electron chi connectivity index (χ4n) is 2.76. The molecule has 1 saturated heterocycles. The Labute approximate surface area is 148 Å². The van der Waals surface area contributed by atoms with Crippen molar-refractivity contribution in [2.24, 2.45) is 0 Å². The summed E-state index contributed by atoms with van der Waals surface area (Å²) in [6.07, 6.45) is 1.46. The highest BCUT2D eigenvalue weighted by Crippen LogP contribution is 2.26. The summed E-state index contributed by atoms with van der Waals surface area (Å²) in [6.45, 7) is 2.25. The quantitative estimate of drug-likeness (QED) is 0.884. The highest BCUT2D eigenvalue weighted by atomic mass is 32.2. The summed E-state index contributed by atoms with van der Waals surface area (Å²) >= 11 is 0. The third-order valence-electron chi connectivity index (χ3n) is 4.17. The van der Waals surface area contributed by atoms with Gasteiger partial charge >= 0.3 is 0 Å². The van der Waals surface area contributed by atoms with E-state index in [1.165, 1.54) is 28.6 Å². The van der Waals surface area contributed by atoms with Gasteiger partial charge in [-0.05, 0) is 55.7 Å². The first-order chi connectivity index (χ1) is 11.8. The van der Waals surface area contributed by atoms with E-state index in [0.717, 1.165) is 12.0 Å². The summed E-state index contributed by atoms with van der Waals surface area (Å²) in [6, 6.07) is 13.0. The van der Waals surface area contributed by atoms with E-state index in [1.54, 1.807) is 12.1 Å². The van der Waals surface area contributed by atoms with Crippen LogP contribution in [0.3, 0.4) is 0 Å². The van der Waals surface area contributed by atoms with Crippen LogP contribution in [0.1, 0.15) is 18.4 Å². The van der Waals surface area contributed by atoms with Crippen molar-refractivity contribution >= 4 is 31.4 Å². The third-order valence-corrected chi connectivity index (χ3v) is 7.42. The van der Waals surface area contributed by atoms with Gasteiger partial charge in [0.25, 0.3) is 10.0 Å². The molecule has 0 aliphatic carbocycles. The molecule has 2 aromatic carbocycles. The van der Waals surface area contributed by atoms with E-state index in [9.17, 15) is 16.8 Å². The molecule has 134 valence electrons. The van der Waals surface area contributed by atoms with Crippen molar-refractivity contribution in [3.05, 3.63) is 54.1 Å². The molecule has 1 fully saturated rings.